The molecule has 2 heterocycles. The number of carbonyl (C=O) groups is 1. The van der Waals surface area contributed by atoms with Gasteiger partial charge < -0.3 is 4.74 Å². The van der Waals surface area contributed by atoms with Crippen LogP contribution in [0, 0.1) is 20.8 Å². The number of hydrogen-bond donors (Lipinski definition) is 1. The molecule has 2 aromatic heterocycles. The zero-order valence-corrected chi connectivity index (χ0v) is 17.2. The first-order chi connectivity index (χ1) is 13.1. The second-order valence-corrected chi connectivity index (χ2v) is 8.05. The van der Waals surface area contributed by atoms with Crippen molar-refractivity contribution in [3.8, 4) is 0 Å². The van der Waals surface area contributed by atoms with Gasteiger partial charge in [0.25, 0.3) is 21.0 Å². The van der Waals surface area contributed by atoms with Gasteiger partial charge in [-0.15, -0.1) is 5.10 Å². The number of aryl methyl sites for hydroxylation is 2. The monoisotopic (exact) mass is 423 g/mol. The zero-order valence-electron chi connectivity index (χ0n) is 15.6. The van der Waals surface area contributed by atoms with E-state index in [1.807, 2.05) is 0 Å². The number of hydrogen-bond acceptors (Lipinski definition) is 7. The number of anilines is 1. The Morgan fingerprint density at radius 1 is 1.25 bits per heavy atom. The highest BCUT2D eigenvalue weighted by atomic mass is 35.5. The summed E-state index contributed by atoms with van der Waals surface area (Å²) in [7, 11) is -4.21. The van der Waals surface area contributed by atoms with Crippen LogP contribution < -0.4 is 4.72 Å². The number of fused-ring (bicyclic) bond motifs is 1. The summed E-state index contributed by atoms with van der Waals surface area (Å²) in [5, 5.41) is 3.85. The van der Waals surface area contributed by atoms with Crippen molar-refractivity contribution in [3.63, 3.8) is 0 Å². The molecular formula is C17H18ClN5O4S. The van der Waals surface area contributed by atoms with Gasteiger partial charge >= 0.3 is 5.97 Å². The molecule has 148 valence electrons. The van der Waals surface area contributed by atoms with Gasteiger partial charge in [-0.3, -0.25) is 4.72 Å². The molecule has 0 saturated carbocycles. The van der Waals surface area contributed by atoms with Gasteiger partial charge in [0.1, 0.15) is 0 Å². The highest BCUT2D eigenvalue weighted by Gasteiger charge is 2.26. The molecule has 0 amide bonds. The molecule has 0 saturated heterocycles. The van der Waals surface area contributed by atoms with Crippen LogP contribution in [0.15, 0.2) is 23.4 Å². The lowest BCUT2D eigenvalue weighted by molar-refractivity contribution is 0.0527. The molecule has 0 spiro atoms. The Morgan fingerprint density at radius 2 is 1.96 bits per heavy atom. The molecule has 0 unspecified atom stereocenters. The lowest BCUT2D eigenvalue weighted by Gasteiger charge is -2.14. The van der Waals surface area contributed by atoms with Crippen molar-refractivity contribution in [2.45, 2.75) is 32.9 Å². The lowest BCUT2D eigenvalue weighted by Crippen LogP contribution is -2.19. The number of rotatable bonds is 5. The van der Waals surface area contributed by atoms with Gasteiger partial charge in [0.05, 0.1) is 17.9 Å². The first kappa shape index (κ1) is 20.0. The fourth-order valence-corrected chi connectivity index (χ4v) is 3.81. The third-order valence-corrected chi connectivity index (χ3v) is 5.51. The Labute approximate surface area is 166 Å². The minimum Gasteiger partial charge on any atom is -0.462 e. The summed E-state index contributed by atoms with van der Waals surface area (Å²) in [6.45, 7) is 6.93. The summed E-state index contributed by atoms with van der Waals surface area (Å²) < 4.78 is 34.5. The smallest absolute Gasteiger partial charge is 0.340 e. The Bertz CT molecular complexity index is 1190. The number of aromatic nitrogens is 4. The van der Waals surface area contributed by atoms with Crippen molar-refractivity contribution in [3.05, 3.63) is 45.7 Å². The van der Waals surface area contributed by atoms with E-state index in [9.17, 15) is 13.2 Å². The standard InChI is InChI=1S/C17H18ClN5O4S/c1-5-27-15(24)12-6-7-13(18)11(4)14(12)22-28(25,26)17-20-16-19-9(2)8-10(3)23(16)21-17/h6-8,22H,5H2,1-4H3. The molecule has 0 radical (unpaired) electrons. The van der Waals surface area contributed by atoms with Crippen molar-refractivity contribution >= 4 is 39.1 Å². The van der Waals surface area contributed by atoms with E-state index >= 15 is 0 Å². The molecule has 11 heteroatoms. The number of halogens is 1. The van der Waals surface area contributed by atoms with Crippen molar-refractivity contribution in [1.29, 1.82) is 0 Å². The van der Waals surface area contributed by atoms with E-state index in [4.69, 9.17) is 16.3 Å². The van der Waals surface area contributed by atoms with Crippen LogP contribution in [-0.4, -0.2) is 40.6 Å². The molecule has 9 nitrogen and oxygen atoms in total. The van der Waals surface area contributed by atoms with Gasteiger partial charge in [0.15, 0.2) is 0 Å². The number of ether oxygens (including phenoxy) is 1. The number of sulfonamides is 1. The molecule has 0 aliphatic rings. The third-order valence-electron chi connectivity index (χ3n) is 3.97. The Balaban J connectivity index is 2.09. The highest BCUT2D eigenvalue weighted by Crippen LogP contribution is 2.30. The van der Waals surface area contributed by atoms with Gasteiger partial charge in [-0.05, 0) is 51.5 Å². The molecule has 28 heavy (non-hydrogen) atoms. The van der Waals surface area contributed by atoms with E-state index in [0.717, 1.165) is 0 Å². The van der Waals surface area contributed by atoms with Gasteiger partial charge in [0, 0.05) is 16.4 Å². The maximum atomic E-state index is 12.9. The molecule has 0 aliphatic carbocycles. The highest BCUT2D eigenvalue weighted by molar-refractivity contribution is 7.92. The first-order valence-electron chi connectivity index (χ1n) is 8.34. The average Bonchev–Trinajstić information content (AvgIpc) is 3.04. The Kier molecular flexibility index (Phi) is 5.26. The minimum absolute atomic E-state index is 0.0191. The normalized spacial score (nSPS) is 11.6. The van der Waals surface area contributed by atoms with E-state index in [0.29, 0.717) is 22.0 Å². The van der Waals surface area contributed by atoms with Crippen molar-refractivity contribution in [2.75, 3.05) is 11.3 Å². The second-order valence-electron chi connectivity index (χ2n) is 6.07. The topological polar surface area (TPSA) is 116 Å². The van der Waals surface area contributed by atoms with Crippen molar-refractivity contribution in [1.82, 2.24) is 19.6 Å². The van der Waals surface area contributed by atoms with Gasteiger partial charge in [-0.25, -0.2) is 14.3 Å². The van der Waals surface area contributed by atoms with Gasteiger partial charge in [-0.1, -0.05) is 11.6 Å². The van der Waals surface area contributed by atoms with Crippen LogP contribution in [-0.2, 0) is 14.8 Å². The fourth-order valence-electron chi connectivity index (χ4n) is 2.64. The number of nitrogens with zero attached hydrogens (tertiary/aromatic N) is 4. The quantitative estimate of drug-likeness (QED) is 0.627. The van der Waals surface area contributed by atoms with Crippen LogP contribution in [0.5, 0.6) is 0 Å². The zero-order chi connectivity index (χ0) is 20.6. The van der Waals surface area contributed by atoms with E-state index in [1.165, 1.54) is 16.6 Å². The average molecular weight is 424 g/mol. The number of carbonyl (C=O) groups excluding carboxylic acids is 1. The maximum Gasteiger partial charge on any atom is 0.340 e. The lowest BCUT2D eigenvalue weighted by atomic mass is 10.1. The third kappa shape index (κ3) is 3.65. The van der Waals surface area contributed by atoms with E-state index in [-0.39, 0.29) is 23.6 Å². The maximum absolute atomic E-state index is 12.9. The largest absolute Gasteiger partial charge is 0.462 e. The molecule has 0 aliphatic heterocycles. The van der Waals surface area contributed by atoms with E-state index in [1.54, 1.807) is 33.8 Å². The first-order valence-corrected chi connectivity index (χ1v) is 10.2. The number of nitrogens with one attached hydrogen (secondary N) is 1. The minimum atomic E-state index is -4.21. The molecule has 1 aromatic carbocycles. The van der Waals surface area contributed by atoms with Crippen LogP contribution in [0.3, 0.4) is 0 Å². The molecule has 0 bridgehead atoms. The summed E-state index contributed by atoms with van der Waals surface area (Å²) in [5.74, 6) is -0.512. The van der Waals surface area contributed by atoms with E-state index in [2.05, 4.69) is 19.8 Å². The van der Waals surface area contributed by atoms with Crippen molar-refractivity contribution in [2.24, 2.45) is 0 Å². The predicted molar refractivity (Wildman–Crippen MR) is 103 cm³/mol. The van der Waals surface area contributed by atoms with Crippen LogP contribution in [0.1, 0.15) is 34.2 Å². The number of benzene rings is 1. The summed E-state index contributed by atoms with van der Waals surface area (Å²) in [6.07, 6.45) is 0. The molecule has 3 rings (SSSR count). The fraction of sp³-hybridized carbons (Fsp3) is 0.294. The summed E-state index contributed by atoms with van der Waals surface area (Å²) in [5.41, 5.74) is 1.81. The second kappa shape index (κ2) is 7.36. The molecule has 0 atom stereocenters. The molecule has 3 aromatic rings. The molecule has 0 fully saturated rings. The van der Waals surface area contributed by atoms with Crippen LogP contribution in [0.2, 0.25) is 5.02 Å². The Morgan fingerprint density at radius 3 is 2.64 bits per heavy atom. The van der Waals surface area contributed by atoms with Crippen LogP contribution in [0.25, 0.3) is 5.78 Å². The Hall–Kier alpha value is -2.72. The van der Waals surface area contributed by atoms with Gasteiger partial charge in [0.2, 0.25) is 0 Å². The van der Waals surface area contributed by atoms with Gasteiger partial charge in [-0.2, -0.15) is 13.4 Å². The van der Waals surface area contributed by atoms with E-state index < -0.39 is 21.1 Å². The van der Waals surface area contributed by atoms with Crippen molar-refractivity contribution < 1.29 is 17.9 Å². The summed E-state index contributed by atoms with van der Waals surface area (Å²) in [6, 6.07) is 4.66. The number of esters is 1. The summed E-state index contributed by atoms with van der Waals surface area (Å²) >= 11 is 6.11. The van der Waals surface area contributed by atoms with Crippen LogP contribution in [0.4, 0.5) is 5.69 Å². The van der Waals surface area contributed by atoms with Crippen LogP contribution >= 0.6 is 11.6 Å². The molecule has 1 N–H and O–H groups in total. The predicted octanol–water partition coefficient (Wildman–Crippen LogP) is 2.68. The SMILES string of the molecule is CCOC(=O)c1ccc(Cl)c(C)c1NS(=O)(=O)c1nc2nc(C)cc(C)n2n1. The molecular weight excluding hydrogens is 406 g/mol. The summed E-state index contributed by atoms with van der Waals surface area (Å²) in [4.78, 5) is 20.4.